The van der Waals surface area contributed by atoms with Gasteiger partial charge in [0.25, 0.3) is 0 Å². The van der Waals surface area contributed by atoms with Crippen molar-refractivity contribution in [3.05, 3.63) is 63.5 Å². The average Bonchev–Trinajstić information content (AvgIpc) is 2.80. The van der Waals surface area contributed by atoms with Gasteiger partial charge in [-0.2, -0.15) is 4.31 Å². The second-order valence-corrected chi connectivity index (χ2v) is 10.6. The number of fused-ring (bicyclic) bond motifs is 2. The normalized spacial score (nSPS) is 17.4. The quantitative estimate of drug-likeness (QED) is 0.577. The number of rotatable bonds is 4. The molecular weight excluding hydrogens is 444 g/mol. The monoisotopic (exact) mass is 471 g/mol. The van der Waals surface area contributed by atoms with Gasteiger partial charge < -0.3 is 18.8 Å². The van der Waals surface area contributed by atoms with Gasteiger partial charge >= 0.3 is 5.63 Å². The van der Waals surface area contributed by atoms with Gasteiger partial charge in [0.15, 0.2) is 11.5 Å². The average molecular weight is 472 g/mol. The molecule has 0 spiro atoms. The van der Waals surface area contributed by atoms with Crippen LogP contribution < -0.4 is 20.0 Å². The minimum Gasteiger partial charge on any atom is -0.486 e. The molecule has 1 aromatic heterocycles. The lowest BCUT2D eigenvalue weighted by Gasteiger charge is -2.32. The zero-order valence-corrected chi connectivity index (χ0v) is 19.5. The molecule has 33 heavy (non-hydrogen) atoms. The third-order valence-corrected chi connectivity index (χ3v) is 8.36. The number of hydrogen-bond donors (Lipinski definition) is 1. The fraction of sp³-hybridized carbons (Fsp3) is 0.375. The van der Waals surface area contributed by atoms with E-state index in [1.165, 1.54) is 9.21 Å². The highest BCUT2D eigenvalue weighted by molar-refractivity contribution is 7.89. The smallest absolute Gasteiger partial charge is 0.336 e. The Bertz CT molecular complexity index is 1370. The third-order valence-electron chi connectivity index (χ3n) is 6.47. The Morgan fingerprint density at radius 1 is 0.939 bits per heavy atom. The Labute approximate surface area is 192 Å². The van der Waals surface area contributed by atoms with Crippen LogP contribution in [0.4, 0.5) is 0 Å². The molecule has 9 heteroatoms. The van der Waals surface area contributed by atoms with Crippen LogP contribution in [0.3, 0.4) is 0 Å². The highest BCUT2D eigenvalue weighted by atomic mass is 32.2. The van der Waals surface area contributed by atoms with Gasteiger partial charge in [-0.15, -0.1) is 0 Å². The topological polar surface area (TPSA) is 90.5 Å². The van der Waals surface area contributed by atoms with Crippen molar-refractivity contribution in [2.75, 3.05) is 39.4 Å². The van der Waals surface area contributed by atoms with Gasteiger partial charge in [-0.3, -0.25) is 0 Å². The van der Waals surface area contributed by atoms with E-state index in [-0.39, 0.29) is 10.5 Å². The van der Waals surface area contributed by atoms with Gasteiger partial charge in [-0.05, 0) is 49.2 Å². The van der Waals surface area contributed by atoms with Crippen molar-refractivity contribution < 1.29 is 27.2 Å². The lowest BCUT2D eigenvalue weighted by molar-refractivity contribution is -0.917. The van der Waals surface area contributed by atoms with Gasteiger partial charge in [0.05, 0.1) is 31.1 Å². The molecule has 2 aliphatic heterocycles. The molecule has 5 rings (SSSR count). The molecule has 0 radical (unpaired) electrons. The Hall–Kier alpha value is -2.88. The number of nitrogens with one attached hydrogen (secondary N) is 1. The molecule has 3 heterocycles. The second kappa shape index (κ2) is 8.48. The fourth-order valence-electron chi connectivity index (χ4n) is 4.45. The molecule has 0 bridgehead atoms. The van der Waals surface area contributed by atoms with Crippen molar-refractivity contribution >= 4 is 21.0 Å². The molecule has 0 amide bonds. The molecule has 0 aliphatic carbocycles. The summed E-state index contributed by atoms with van der Waals surface area (Å²) in [4.78, 5) is 13.5. The van der Waals surface area contributed by atoms with Gasteiger partial charge in [0.2, 0.25) is 10.0 Å². The summed E-state index contributed by atoms with van der Waals surface area (Å²) in [6.07, 6.45) is 0. The highest BCUT2D eigenvalue weighted by Gasteiger charge is 2.31. The number of piperazine rings is 1. The number of hydrogen-bond acceptors (Lipinski definition) is 6. The molecule has 3 aromatic rings. The van der Waals surface area contributed by atoms with Gasteiger partial charge in [0, 0.05) is 23.1 Å². The zero-order chi connectivity index (χ0) is 23.2. The maximum Gasteiger partial charge on any atom is 0.336 e. The van der Waals surface area contributed by atoms with Gasteiger partial charge in [0.1, 0.15) is 25.3 Å². The summed E-state index contributed by atoms with van der Waals surface area (Å²) in [5.74, 6) is 1.03. The summed E-state index contributed by atoms with van der Waals surface area (Å²) in [6.45, 7) is 7.65. The van der Waals surface area contributed by atoms with E-state index in [1.807, 2.05) is 19.9 Å². The minimum absolute atomic E-state index is 0.215. The summed E-state index contributed by atoms with van der Waals surface area (Å²) in [5, 5.41) is 0.941. The van der Waals surface area contributed by atoms with Crippen molar-refractivity contribution in [1.29, 1.82) is 0 Å². The standard InChI is InChI=1S/C24H26N2O6S/c1-16-11-20-18(13-24(27)32-22(20)12-17(16)2)15-25-5-7-26(8-6-25)33(28,29)19-3-4-21-23(14-19)31-10-9-30-21/h3-4,11-14H,5-10,15H2,1-2H3/p+1. The fourth-order valence-corrected chi connectivity index (χ4v) is 5.91. The van der Waals surface area contributed by atoms with Crippen molar-refractivity contribution in [3.63, 3.8) is 0 Å². The molecule has 1 N–H and O–H groups in total. The predicted molar refractivity (Wildman–Crippen MR) is 123 cm³/mol. The number of ether oxygens (including phenoxy) is 2. The van der Waals surface area contributed by atoms with Crippen LogP contribution >= 0.6 is 0 Å². The highest BCUT2D eigenvalue weighted by Crippen LogP contribution is 2.33. The molecule has 174 valence electrons. The van der Waals surface area contributed by atoms with Crippen LogP contribution in [0.25, 0.3) is 11.0 Å². The lowest BCUT2D eigenvalue weighted by Crippen LogP contribution is -3.13. The van der Waals surface area contributed by atoms with E-state index < -0.39 is 10.0 Å². The van der Waals surface area contributed by atoms with Crippen molar-refractivity contribution in [2.45, 2.75) is 25.3 Å². The first-order chi connectivity index (χ1) is 15.8. The van der Waals surface area contributed by atoms with Crippen LogP contribution in [-0.4, -0.2) is 52.1 Å². The minimum atomic E-state index is -3.62. The summed E-state index contributed by atoms with van der Waals surface area (Å²) in [6, 6.07) is 10.3. The van der Waals surface area contributed by atoms with E-state index in [0.717, 1.165) is 22.1 Å². The molecular formula is C24H27N2O6S+. The van der Waals surface area contributed by atoms with Crippen LogP contribution in [0, 0.1) is 13.8 Å². The molecule has 1 saturated heterocycles. The van der Waals surface area contributed by atoms with E-state index in [4.69, 9.17) is 13.9 Å². The number of nitrogens with zero attached hydrogens (tertiary/aromatic N) is 1. The zero-order valence-electron chi connectivity index (χ0n) is 18.7. The van der Waals surface area contributed by atoms with E-state index in [1.54, 1.807) is 24.3 Å². The molecule has 0 unspecified atom stereocenters. The third kappa shape index (κ3) is 4.23. The SMILES string of the molecule is Cc1cc2oc(=O)cc(C[NH+]3CCN(S(=O)(=O)c4ccc5c(c4)OCCO5)CC3)c2cc1C. The summed E-state index contributed by atoms with van der Waals surface area (Å²) < 4.78 is 44.4. The Balaban J connectivity index is 1.32. The number of quaternary nitrogens is 1. The Morgan fingerprint density at radius 3 is 2.39 bits per heavy atom. The molecule has 0 saturated carbocycles. The van der Waals surface area contributed by atoms with Crippen molar-refractivity contribution in [1.82, 2.24) is 4.31 Å². The van der Waals surface area contributed by atoms with E-state index in [0.29, 0.717) is 63.0 Å². The summed E-state index contributed by atoms with van der Waals surface area (Å²) in [5.41, 5.74) is 3.39. The number of aryl methyl sites for hydroxylation is 2. The first kappa shape index (κ1) is 21.9. The second-order valence-electron chi connectivity index (χ2n) is 8.66. The molecule has 2 aromatic carbocycles. The molecule has 2 aliphatic rings. The van der Waals surface area contributed by atoms with Crippen molar-refractivity contribution in [3.8, 4) is 11.5 Å². The maximum atomic E-state index is 13.2. The summed E-state index contributed by atoms with van der Waals surface area (Å²) >= 11 is 0. The van der Waals surface area contributed by atoms with Crippen LogP contribution in [0.2, 0.25) is 0 Å². The maximum absolute atomic E-state index is 13.2. The van der Waals surface area contributed by atoms with E-state index in [9.17, 15) is 13.2 Å². The van der Waals surface area contributed by atoms with Crippen molar-refractivity contribution in [2.24, 2.45) is 0 Å². The molecule has 8 nitrogen and oxygen atoms in total. The lowest BCUT2D eigenvalue weighted by atomic mass is 10.0. The first-order valence-electron chi connectivity index (χ1n) is 11.1. The largest absolute Gasteiger partial charge is 0.486 e. The van der Waals surface area contributed by atoms with E-state index in [2.05, 4.69) is 6.07 Å². The first-order valence-corrected chi connectivity index (χ1v) is 12.5. The van der Waals surface area contributed by atoms with Gasteiger partial charge in [-0.25, -0.2) is 13.2 Å². The van der Waals surface area contributed by atoms with Crippen LogP contribution in [0.1, 0.15) is 16.7 Å². The van der Waals surface area contributed by atoms with E-state index >= 15 is 0 Å². The van der Waals surface area contributed by atoms with Crippen LogP contribution in [0.15, 0.2) is 50.5 Å². The van der Waals surface area contributed by atoms with Crippen LogP contribution in [-0.2, 0) is 16.6 Å². The number of sulfonamides is 1. The molecule has 0 atom stereocenters. The number of benzene rings is 2. The van der Waals surface area contributed by atoms with Gasteiger partial charge in [-0.1, -0.05) is 0 Å². The van der Waals surface area contributed by atoms with Crippen LogP contribution in [0.5, 0.6) is 11.5 Å². The predicted octanol–water partition coefficient (Wildman–Crippen LogP) is 1.27. The Kier molecular flexibility index (Phi) is 5.64. The Morgan fingerprint density at radius 2 is 1.64 bits per heavy atom. The summed E-state index contributed by atoms with van der Waals surface area (Å²) in [7, 11) is -3.62. The molecule has 1 fully saturated rings.